The van der Waals surface area contributed by atoms with Crippen LogP contribution in [0.4, 0.5) is 0 Å². The van der Waals surface area contributed by atoms with Crippen molar-refractivity contribution in [3.05, 3.63) is 42.7 Å². The number of nitrogens with zero attached hydrogens (tertiary/aromatic N) is 2. The number of aromatic nitrogens is 2. The van der Waals surface area contributed by atoms with E-state index in [4.69, 9.17) is 0 Å². The highest BCUT2D eigenvalue weighted by molar-refractivity contribution is 5.54. The largest absolute Gasteiger partial charge is 0.347 e. The average molecular weight is 172 g/mol. The zero-order chi connectivity index (χ0) is 9.10. The van der Waals surface area contributed by atoms with Crippen LogP contribution in [0.15, 0.2) is 42.7 Å². The molecule has 0 fully saturated rings. The van der Waals surface area contributed by atoms with Crippen LogP contribution in [-0.2, 0) is 6.54 Å². The molecular formula is C11H12N2. The molecule has 0 aliphatic rings. The maximum Gasteiger partial charge on any atom is 0.0866 e. The molecule has 0 saturated carbocycles. The van der Waals surface area contributed by atoms with Crippen molar-refractivity contribution < 1.29 is 0 Å². The van der Waals surface area contributed by atoms with Gasteiger partial charge in [-0.15, -0.1) is 0 Å². The van der Waals surface area contributed by atoms with Gasteiger partial charge in [-0.2, -0.15) is 0 Å². The van der Waals surface area contributed by atoms with E-state index in [9.17, 15) is 0 Å². The van der Waals surface area contributed by atoms with Gasteiger partial charge in [0.05, 0.1) is 11.4 Å². The van der Waals surface area contributed by atoms with E-state index in [1.54, 1.807) is 0 Å². The van der Waals surface area contributed by atoms with Crippen LogP contribution in [0.3, 0.4) is 0 Å². The van der Waals surface area contributed by atoms with Crippen LogP contribution in [0.1, 0.15) is 6.92 Å². The molecule has 0 aliphatic heterocycles. The third-order valence-electron chi connectivity index (χ3n) is 2.10. The molecule has 0 amide bonds. The van der Waals surface area contributed by atoms with E-state index >= 15 is 0 Å². The molecule has 2 rings (SSSR count). The van der Waals surface area contributed by atoms with Gasteiger partial charge in [0.1, 0.15) is 0 Å². The van der Waals surface area contributed by atoms with Gasteiger partial charge in [0, 0.05) is 18.9 Å². The molecule has 2 nitrogen and oxygen atoms in total. The van der Waals surface area contributed by atoms with Gasteiger partial charge in [-0.1, -0.05) is 6.07 Å². The first-order valence-corrected chi connectivity index (χ1v) is 4.48. The Bertz CT molecular complexity index is 376. The highest BCUT2D eigenvalue weighted by atomic mass is 15.0. The minimum Gasteiger partial charge on any atom is -0.347 e. The maximum atomic E-state index is 4.31. The highest BCUT2D eigenvalue weighted by Gasteiger charge is 2.01. The van der Waals surface area contributed by atoms with Crippen molar-refractivity contribution in [2.45, 2.75) is 13.5 Å². The lowest BCUT2D eigenvalue weighted by Crippen LogP contribution is -1.95. The van der Waals surface area contributed by atoms with Crippen LogP contribution in [-0.4, -0.2) is 9.55 Å². The van der Waals surface area contributed by atoms with E-state index in [0.717, 1.165) is 12.2 Å². The molecule has 2 aromatic heterocycles. The van der Waals surface area contributed by atoms with Gasteiger partial charge in [0.2, 0.25) is 0 Å². The number of hydrogen-bond donors (Lipinski definition) is 0. The van der Waals surface area contributed by atoms with E-state index in [1.165, 1.54) is 5.69 Å². The van der Waals surface area contributed by atoms with Crippen LogP contribution in [0, 0.1) is 0 Å². The van der Waals surface area contributed by atoms with Crippen molar-refractivity contribution in [1.29, 1.82) is 0 Å². The number of pyridine rings is 1. The summed E-state index contributed by atoms with van der Waals surface area (Å²) in [5.41, 5.74) is 2.22. The predicted octanol–water partition coefficient (Wildman–Crippen LogP) is 2.57. The molecule has 13 heavy (non-hydrogen) atoms. The Hall–Kier alpha value is -1.57. The topological polar surface area (TPSA) is 17.8 Å². The lowest BCUT2D eigenvalue weighted by molar-refractivity contribution is 0.774. The molecule has 2 heterocycles. The summed E-state index contributed by atoms with van der Waals surface area (Å²) < 4.78 is 2.18. The Labute approximate surface area is 77.9 Å². The molecule has 2 aromatic rings. The summed E-state index contributed by atoms with van der Waals surface area (Å²) in [6.45, 7) is 3.12. The van der Waals surface area contributed by atoms with Crippen molar-refractivity contribution in [3.8, 4) is 11.4 Å². The second-order valence-corrected chi connectivity index (χ2v) is 2.89. The van der Waals surface area contributed by atoms with Gasteiger partial charge in [-0.25, -0.2) is 0 Å². The molecule has 0 radical (unpaired) electrons. The van der Waals surface area contributed by atoms with E-state index in [1.807, 2.05) is 30.5 Å². The predicted molar refractivity (Wildman–Crippen MR) is 53.3 cm³/mol. The molecule has 0 aromatic carbocycles. The first-order valence-electron chi connectivity index (χ1n) is 4.48. The SMILES string of the molecule is CCn1cccc1-c1ccccn1. The summed E-state index contributed by atoms with van der Waals surface area (Å²) in [7, 11) is 0. The van der Waals surface area contributed by atoms with Gasteiger partial charge in [-0.3, -0.25) is 4.98 Å². The Morgan fingerprint density at radius 2 is 2.15 bits per heavy atom. The van der Waals surface area contributed by atoms with E-state index in [2.05, 4.69) is 28.7 Å². The fourth-order valence-corrected chi connectivity index (χ4v) is 1.44. The zero-order valence-electron chi connectivity index (χ0n) is 7.64. The van der Waals surface area contributed by atoms with Gasteiger partial charge in [-0.05, 0) is 31.2 Å². The smallest absolute Gasteiger partial charge is 0.0866 e. The number of hydrogen-bond acceptors (Lipinski definition) is 1. The Kier molecular flexibility index (Phi) is 2.13. The standard InChI is InChI=1S/C11H12N2/c1-2-13-9-5-7-11(13)10-6-3-4-8-12-10/h3-9H,2H2,1H3. The Balaban J connectivity index is 2.47. The third kappa shape index (κ3) is 1.47. The lowest BCUT2D eigenvalue weighted by Gasteiger charge is -2.04. The highest BCUT2D eigenvalue weighted by Crippen LogP contribution is 2.16. The van der Waals surface area contributed by atoms with Crippen molar-refractivity contribution in [2.24, 2.45) is 0 Å². The minimum absolute atomic E-state index is 0.985. The van der Waals surface area contributed by atoms with Crippen molar-refractivity contribution in [1.82, 2.24) is 9.55 Å². The zero-order valence-corrected chi connectivity index (χ0v) is 7.64. The van der Waals surface area contributed by atoms with Crippen LogP contribution >= 0.6 is 0 Å². The normalized spacial score (nSPS) is 10.2. The molecule has 0 spiro atoms. The summed E-state index contributed by atoms with van der Waals surface area (Å²) in [6.07, 6.45) is 3.90. The van der Waals surface area contributed by atoms with Crippen LogP contribution in [0.25, 0.3) is 11.4 Å². The van der Waals surface area contributed by atoms with Gasteiger partial charge < -0.3 is 4.57 Å². The average Bonchev–Trinajstić information content (AvgIpc) is 2.67. The number of aryl methyl sites for hydroxylation is 1. The van der Waals surface area contributed by atoms with E-state index in [-0.39, 0.29) is 0 Å². The van der Waals surface area contributed by atoms with Gasteiger partial charge >= 0.3 is 0 Å². The monoisotopic (exact) mass is 172 g/mol. The minimum atomic E-state index is 0.985. The molecule has 66 valence electrons. The molecule has 0 unspecified atom stereocenters. The molecule has 0 atom stereocenters. The van der Waals surface area contributed by atoms with E-state index < -0.39 is 0 Å². The first kappa shape index (κ1) is 8.05. The second-order valence-electron chi connectivity index (χ2n) is 2.89. The number of rotatable bonds is 2. The van der Waals surface area contributed by atoms with Crippen LogP contribution < -0.4 is 0 Å². The Morgan fingerprint density at radius 3 is 2.85 bits per heavy atom. The quantitative estimate of drug-likeness (QED) is 0.680. The lowest BCUT2D eigenvalue weighted by atomic mass is 10.3. The molecular weight excluding hydrogens is 160 g/mol. The van der Waals surface area contributed by atoms with Crippen LogP contribution in [0.2, 0.25) is 0 Å². The summed E-state index contributed by atoms with van der Waals surface area (Å²) >= 11 is 0. The van der Waals surface area contributed by atoms with Gasteiger partial charge in [0.15, 0.2) is 0 Å². The molecule has 0 bridgehead atoms. The summed E-state index contributed by atoms with van der Waals surface area (Å²) in [6, 6.07) is 10.1. The molecule has 0 N–H and O–H groups in total. The van der Waals surface area contributed by atoms with Crippen molar-refractivity contribution >= 4 is 0 Å². The fourth-order valence-electron chi connectivity index (χ4n) is 1.44. The van der Waals surface area contributed by atoms with Gasteiger partial charge in [0.25, 0.3) is 0 Å². The fraction of sp³-hybridized carbons (Fsp3) is 0.182. The first-order chi connectivity index (χ1) is 6.42. The summed E-state index contributed by atoms with van der Waals surface area (Å²) in [5.74, 6) is 0. The second kappa shape index (κ2) is 3.44. The molecule has 2 heteroatoms. The van der Waals surface area contributed by atoms with E-state index in [0.29, 0.717) is 0 Å². The van der Waals surface area contributed by atoms with Crippen LogP contribution in [0.5, 0.6) is 0 Å². The maximum absolute atomic E-state index is 4.31. The van der Waals surface area contributed by atoms with Crippen molar-refractivity contribution in [2.75, 3.05) is 0 Å². The summed E-state index contributed by atoms with van der Waals surface area (Å²) in [5, 5.41) is 0. The Morgan fingerprint density at radius 1 is 1.23 bits per heavy atom. The third-order valence-corrected chi connectivity index (χ3v) is 2.10. The molecule has 0 aliphatic carbocycles. The van der Waals surface area contributed by atoms with Crippen molar-refractivity contribution in [3.63, 3.8) is 0 Å². The summed E-state index contributed by atoms with van der Waals surface area (Å²) in [4.78, 5) is 4.31. The molecule has 0 saturated heterocycles.